The van der Waals surface area contributed by atoms with Gasteiger partial charge < -0.3 is 4.90 Å². The van der Waals surface area contributed by atoms with Crippen LogP contribution in [-0.2, 0) is 10.0 Å². The zero-order chi connectivity index (χ0) is 23.6. The maximum absolute atomic E-state index is 13.3. The lowest BCUT2D eigenvalue weighted by Gasteiger charge is -2.33. The van der Waals surface area contributed by atoms with Crippen molar-refractivity contribution in [2.45, 2.75) is 31.6 Å². The van der Waals surface area contributed by atoms with E-state index in [-0.39, 0.29) is 28.4 Å². The van der Waals surface area contributed by atoms with Crippen molar-refractivity contribution in [1.29, 1.82) is 0 Å². The van der Waals surface area contributed by atoms with Crippen LogP contribution in [0.2, 0.25) is 5.15 Å². The third kappa shape index (κ3) is 5.13. The Bertz CT molecular complexity index is 1240. The molecule has 9 heteroatoms. The van der Waals surface area contributed by atoms with Crippen molar-refractivity contribution in [3.8, 4) is 5.69 Å². The molecule has 1 saturated heterocycles. The van der Waals surface area contributed by atoms with E-state index in [1.807, 2.05) is 37.3 Å². The SMILES string of the molecule is Cc1ccc(S(=O)(=O)NCC2CCCN(C(=O)c3c(C)nn(-c4ccccc4)c3Cl)C2)cc1. The van der Waals surface area contributed by atoms with Crippen LogP contribution in [0.15, 0.2) is 59.5 Å². The van der Waals surface area contributed by atoms with Crippen LogP contribution in [0.1, 0.15) is 34.5 Å². The Morgan fingerprint density at radius 2 is 1.82 bits per heavy atom. The van der Waals surface area contributed by atoms with E-state index in [0.29, 0.717) is 24.3 Å². The van der Waals surface area contributed by atoms with E-state index < -0.39 is 10.0 Å². The fraction of sp³-hybridized carbons (Fsp3) is 0.333. The molecule has 1 aliphatic rings. The van der Waals surface area contributed by atoms with E-state index in [1.165, 1.54) is 0 Å². The molecule has 174 valence electrons. The number of halogens is 1. The molecule has 2 aromatic carbocycles. The zero-order valence-corrected chi connectivity index (χ0v) is 20.2. The maximum Gasteiger partial charge on any atom is 0.258 e. The van der Waals surface area contributed by atoms with Crippen LogP contribution in [0.4, 0.5) is 0 Å². The van der Waals surface area contributed by atoms with Gasteiger partial charge in [0.2, 0.25) is 10.0 Å². The van der Waals surface area contributed by atoms with Gasteiger partial charge in [0.05, 0.1) is 21.8 Å². The molecule has 2 heterocycles. The van der Waals surface area contributed by atoms with Crippen molar-refractivity contribution in [3.63, 3.8) is 0 Å². The number of piperidine rings is 1. The molecule has 0 aliphatic carbocycles. The number of carbonyl (C=O) groups is 1. The molecule has 1 fully saturated rings. The maximum atomic E-state index is 13.3. The molecular weight excluding hydrogens is 460 g/mol. The lowest BCUT2D eigenvalue weighted by atomic mass is 9.97. The minimum Gasteiger partial charge on any atom is -0.338 e. The highest BCUT2D eigenvalue weighted by molar-refractivity contribution is 7.89. The molecule has 4 rings (SSSR count). The monoisotopic (exact) mass is 486 g/mol. The van der Waals surface area contributed by atoms with Gasteiger partial charge in [-0.2, -0.15) is 5.10 Å². The molecule has 1 aromatic heterocycles. The summed E-state index contributed by atoms with van der Waals surface area (Å²) in [6.45, 7) is 5.02. The molecule has 0 bridgehead atoms. The smallest absolute Gasteiger partial charge is 0.258 e. The molecule has 0 radical (unpaired) electrons. The second-order valence-electron chi connectivity index (χ2n) is 8.42. The second-order valence-corrected chi connectivity index (χ2v) is 10.5. The van der Waals surface area contributed by atoms with Crippen LogP contribution in [0.25, 0.3) is 5.69 Å². The van der Waals surface area contributed by atoms with Crippen molar-refractivity contribution in [2.75, 3.05) is 19.6 Å². The Kier molecular flexibility index (Phi) is 6.88. The predicted octanol–water partition coefficient (Wildman–Crippen LogP) is 3.97. The Hall–Kier alpha value is -2.68. The summed E-state index contributed by atoms with van der Waals surface area (Å²) >= 11 is 6.58. The number of hydrogen-bond donors (Lipinski definition) is 1. The van der Waals surface area contributed by atoms with E-state index in [0.717, 1.165) is 24.1 Å². The average molecular weight is 487 g/mol. The third-order valence-electron chi connectivity index (χ3n) is 5.92. The molecule has 0 saturated carbocycles. The molecule has 1 N–H and O–H groups in total. The van der Waals surface area contributed by atoms with Gasteiger partial charge in [-0.25, -0.2) is 17.8 Å². The van der Waals surface area contributed by atoms with Gasteiger partial charge in [0.25, 0.3) is 5.91 Å². The lowest BCUT2D eigenvalue weighted by molar-refractivity contribution is 0.0676. The summed E-state index contributed by atoms with van der Waals surface area (Å²) in [5.41, 5.74) is 2.74. The average Bonchev–Trinajstić information content (AvgIpc) is 3.12. The van der Waals surface area contributed by atoms with Gasteiger partial charge in [0.1, 0.15) is 5.15 Å². The van der Waals surface area contributed by atoms with E-state index in [4.69, 9.17) is 11.6 Å². The van der Waals surface area contributed by atoms with Crippen molar-refractivity contribution < 1.29 is 13.2 Å². The number of para-hydroxylation sites is 1. The minimum atomic E-state index is -3.59. The lowest BCUT2D eigenvalue weighted by Crippen LogP contribution is -2.43. The molecule has 3 aromatic rings. The number of benzene rings is 2. The van der Waals surface area contributed by atoms with Crippen molar-refractivity contribution in [1.82, 2.24) is 19.4 Å². The number of rotatable bonds is 6. The van der Waals surface area contributed by atoms with Gasteiger partial charge in [-0.05, 0) is 56.9 Å². The summed E-state index contributed by atoms with van der Waals surface area (Å²) < 4.78 is 29.5. The minimum absolute atomic E-state index is 0.0196. The number of hydrogen-bond acceptors (Lipinski definition) is 4. The zero-order valence-electron chi connectivity index (χ0n) is 18.7. The number of nitrogens with zero attached hydrogens (tertiary/aromatic N) is 3. The summed E-state index contributed by atoms with van der Waals surface area (Å²) in [6, 6.07) is 16.2. The van der Waals surface area contributed by atoms with E-state index in [1.54, 1.807) is 40.8 Å². The summed E-state index contributed by atoms with van der Waals surface area (Å²) in [4.78, 5) is 15.3. The summed E-state index contributed by atoms with van der Waals surface area (Å²) in [7, 11) is -3.59. The van der Waals surface area contributed by atoms with E-state index in [9.17, 15) is 13.2 Å². The van der Waals surface area contributed by atoms with Gasteiger partial charge in [0, 0.05) is 19.6 Å². The van der Waals surface area contributed by atoms with Gasteiger partial charge >= 0.3 is 0 Å². The van der Waals surface area contributed by atoms with Crippen molar-refractivity contribution in [2.24, 2.45) is 5.92 Å². The molecule has 7 nitrogen and oxygen atoms in total. The van der Waals surface area contributed by atoms with Crippen LogP contribution in [0, 0.1) is 19.8 Å². The number of nitrogens with one attached hydrogen (secondary N) is 1. The molecule has 1 unspecified atom stereocenters. The number of aromatic nitrogens is 2. The van der Waals surface area contributed by atoms with Crippen LogP contribution in [0.3, 0.4) is 0 Å². The summed E-state index contributed by atoms with van der Waals surface area (Å²) in [5.74, 6) is -0.156. The van der Waals surface area contributed by atoms with Crippen LogP contribution >= 0.6 is 11.6 Å². The highest BCUT2D eigenvalue weighted by Crippen LogP contribution is 2.27. The van der Waals surface area contributed by atoms with E-state index in [2.05, 4.69) is 9.82 Å². The topological polar surface area (TPSA) is 84.3 Å². The Morgan fingerprint density at radius 1 is 1.12 bits per heavy atom. The van der Waals surface area contributed by atoms with Crippen LogP contribution in [0.5, 0.6) is 0 Å². The van der Waals surface area contributed by atoms with Gasteiger partial charge in [-0.3, -0.25) is 4.79 Å². The molecule has 1 atom stereocenters. The Balaban J connectivity index is 1.45. The van der Waals surface area contributed by atoms with Crippen molar-refractivity contribution in [3.05, 3.63) is 76.6 Å². The molecular formula is C24H27ClN4O3S. The fourth-order valence-electron chi connectivity index (χ4n) is 4.08. The largest absolute Gasteiger partial charge is 0.338 e. The number of sulfonamides is 1. The normalized spacial score (nSPS) is 16.7. The fourth-order valence-corrected chi connectivity index (χ4v) is 5.55. The number of likely N-dealkylation sites (tertiary alicyclic amines) is 1. The Morgan fingerprint density at radius 3 is 2.52 bits per heavy atom. The number of carbonyl (C=O) groups excluding carboxylic acids is 1. The first-order chi connectivity index (χ1) is 15.8. The number of amides is 1. The highest BCUT2D eigenvalue weighted by atomic mass is 35.5. The molecule has 0 spiro atoms. The third-order valence-corrected chi connectivity index (χ3v) is 7.71. The Labute approximate surface area is 199 Å². The predicted molar refractivity (Wildman–Crippen MR) is 128 cm³/mol. The second kappa shape index (κ2) is 9.67. The van der Waals surface area contributed by atoms with Gasteiger partial charge in [-0.1, -0.05) is 47.5 Å². The van der Waals surface area contributed by atoms with Crippen LogP contribution < -0.4 is 4.72 Å². The van der Waals surface area contributed by atoms with Crippen LogP contribution in [-0.4, -0.2) is 48.6 Å². The quantitative estimate of drug-likeness (QED) is 0.571. The summed E-state index contributed by atoms with van der Waals surface area (Å²) in [5, 5.41) is 4.75. The standard InChI is InChI=1S/C24H27ClN4O3S/c1-17-10-12-21(13-11-17)33(31,32)26-15-19-7-6-14-28(16-19)24(30)22-18(2)27-29(23(22)25)20-8-4-3-5-9-20/h3-5,8-13,19,26H,6-7,14-16H2,1-2H3. The molecule has 33 heavy (non-hydrogen) atoms. The first kappa shape index (κ1) is 23.5. The first-order valence-electron chi connectivity index (χ1n) is 10.9. The van der Waals surface area contributed by atoms with Gasteiger partial charge in [-0.15, -0.1) is 0 Å². The number of aryl methyl sites for hydroxylation is 2. The van der Waals surface area contributed by atoms with Crippen molar-refractivity contribution >= 4 is 27.5 Å². The van der Waals surface area contributed by atoms with E-state index >= 15 is 0 Å². The first-order valence-corrected chi connectivity index (χ1v) is 12.8. The van der Waals surface area contributed by atoms with Gasteiger partial charge in [0.15, 0.2) is 0 Å². The highest BCUT2D eigenvalue weighted by Gasteiger charge is 2.30. The molecule has 1 amide bonds. The molecule has 1 aliphatic heterocycles. The summed E-state index contributed by atoms with van der Waals surface area (Å²) in [6.07, 6.45) is 1.64.